The molecule has 4 heteroatoms. The quantitative estimate of drug-likeness (QED) is 0.778. The second-order valence-electron chi connectivity index (χ2n) is 4.76. The van der Waals surface area contributed by atoms with E-state index in [-0.39, 0.29) is 11.1 Å². The average Bonchev–Trinajstić information content (AvgIpc) is 2.77. The molecule has 2 aromatic carbocycles. The minimum Gasteiger partial charge on any atom is -0.268 e. The van der Waals surface area contributed by atoms with E-state index < -0.39 is 0 Å². The van der Waals surface area contributed by atoms with Crippen LogP contribution >= 0.6 is 11.8 Å². The van der Waals surface area contributed by atoms with Gasteiger partial charge in [0, 0.05) is 0 Å². The lowest BCUT2D eigenvalue weighted by Crippen LogP contribution is -2.27. The van der Waals surface area contributed by atoms with Crippen LogP contribution in [-0.2, 0) is 4.79 Å². The molecule has 0 bridgehead atoms. The van der Waals surface area contributed by atoms with Crippen molar-refractivity contribution in [3.63, 3.8) is 0 Å². The van der Waals surface area contributed by atoms with Gasteiger partial charge in [-0.25, -0.2) is 4.90 Å². The summed E-state index contributed by atoms with van der Waals surface area (Å²) in [7, 11) is 0. The first kappa shape index (κ1) is 13.6. The number of rotatable bonds is 2. The van der Waals surface area contributed by atoms with Gasteiger partial charge >= 0.3 is 0 Å². The Morgan fingerprint density at radius 2 is 1.62 bits per heavy atom. The molecule has 0 unspecified atom stereocenters. The highest BCUT2D eigenvalue weighted by atomic mass is 32.2. The zero-order chi connectivity index (χ0) is 14.8. The summed E-state index contributed by atoms with van der Waals surface area (Å²) in [6, 6.07) is 16.8. The summed E-state index contributed by atoms with van der Waals surface area (Å²) in [4.78, 5) is 26.1. The zero-order valence-electron chi connectivity index (χ0n) is 11.4. The summed E-state index contributed by atoms with van der Waals surface area (Å²) in [5.41, 5.74) is 2.68. The molecular weight excluding hydrogens is 282 g/mol. The van der Waals surface area contributed by atoms with Gasteiger partial charge in [0.2, 0.25) is 0 Å². The number of benzene rings is 2. The van der Waals surface area contributed by atoms with Gasteiger partial charge in [-0.15, -0.1) is 0 Å². The molecule has 0 spiro atoms. The monoisotopic (exact) mass is 295 g/mol. The van der Waals surface area contributed by atoms with E-state index in [2.05, 4.69) is 0 Å². The van der Waals surface area contributed by atoms with Gasteiger partial charge in [0.15, 0.2) is 0 Å². The molecule has 0 N–H and O–H groups in total. The molecule has 104 valence electrons. The molecule has 2 aromatic rings. The number of hydrogen-bond donors (Lipinski definition) is 0. The molecular formula is C17H13NO2S. The predicted molar refractivity (Wildman–Crippen MR) is 86.1 cm³/mol. The van der Waals surface area contributed by atoms with Crippen molar-refractivity contribution in [2.24, 2.45) is 0 Å². The van der Waals surface area contributed by atoms with Crippen molar-refractivity contribution in [3.05, 3.63) is 70.6 Å². The number of amides is 2. The summed E-state index contributed by atoms with van der Waals surface area (Å²) >= 11 is 0.974. The Morgan fingerprint density at radius 1 is 0.952 bits per heavy atom. The number of anilines is 1. The zero-order valence-corrected chi connectivity index (χ0v) is 12.3. The highest BCUT2D eigenvalue weighted by Gasteiger charge is 2.36. The van der Waals surface area contributed by atoms with Crippen LogP contribution in [0.4, 0.5) is 10.5 Å². The molecule has 1 aliphatic rings. The first-order valence-electron chi connectivity index (χ1n) is 6.55. The van der Waals surface area contributed by atoms with Crippen LogP contribution in [0.1, 0.15) is 11.1 Å². The van der Waals surface area contributed by atoms with E-state index in [0.29, 0.717) is 10.6 Å². The molecule has 0 aromatic heterocycles. The molecule has 1 heterocycles. The molecule has 2 amide bonds. The van der Waals surface area contributed by atoms with E-state index in [9.17, 15) is 9.59 Å². The van der Waals surface area contributed by atoms with Crippen molar-refractivity contribution in [1.82, 2.24) is 0 Å². The molecule has 0 radical (unpaired) electrons. The predicted octanol–water partition coefficient (Wildman–Crippen LogP) is 4.24. The maximum absolute atomic E-state index is 12.4. The molecule has 1 saturated heterocycles. The van der Waals surface area contributed by atoms with E-state index in [1.54, 1.807) is 18.2 Å². The van der Waals surface area contributed by atoms with Crippen LogP contribution in [0.3, 0.4) is 0 Å². The molecule has 1 aliphatic heterocycles. The van der Waals surface area contributed by atoms with Crippen LogP contribution in [-0.4, -0.2) is 11.1 Å². The van der Waals surface area contributed by atoms with E-state index in [4.69, 9.17) is 0 Å². The van der Waals surface area contributed by atoms with Crippen LogP contribution in [0.25, 0.3) is 6.08 Å². The summed E-state index contributed by atoms with van der Waals surface area (Å²) in [6.07, 6.45) is 1.76. The molecule has 3 rings (SSSR count). The normalized spacial score (nSPS) is 16.8. The number of thioether (sulfide) groups is 1. The summed E-state index contributed by atoms with van der Waals surface area (Å²) in [6.45, 7) is 2.01. The van der Waals surface area contributed by atoms with Crippen molar-refractivity contribution in [1.29, 1.82) is 0 Å². The van der Waals surface area contributed by atoms with E-state index in [0.717, 1.165) is 22.9 Å². The minimum atomic E-state index is -0.267. The van der Waals surface area contributed by atoms with Crippen LogP contribution in [0.5, 0.6) is 0 Å². The third kappa shape index (κ3) is 2.76. The van der Waals surface area contributed by atoms with Gasteiger partial charge in [-0.1, -0.05) is 48.0 Å². The van der Waals surface area contributed by atoms with Gasteiger partial charge in [0.25, 0.3) is 11.1 Å². The van der Waals surface area contributed by atoms with E-state index >= 15 is 0 Å². The highest BCUT2D eigenvalue weighted by Crippen LogP contribution is 2.35. The number of aryl methyl sites for hydroxylation is 1. The van der Waals surface area contributed by atoms with Gasteiger partial charge < -0.3 is 0 Å². The lowest BCUT2D eigenvalue weighted by atomic mass is 10.1. The number of para-hydroxylation sites is 1. The third-order valence-electron chi connectivity index (χ3n) is 3.18. The SMILES string of the molecule is Cc1ccc(C=C2SC(=O)N(c3ccccc3)C2=O)cc1. The molecule has 1 fully saturated rings. The standard InChI is InChI=1S/C17H13NO2S/c1-12-7-9-13(10-8-12)11-15-16(19)18(17(20)21-15)14-5-3-2-4-6-14/h2-11H,1H3. The fraction of sp³-hybridized carbons (Fsp3) is 0.0588. The van der Waals surface area contributed by atoms with Gasteiger partial charge in [-0.05, 0) is 42.5 Å². The first-order chi connectivity index (χ1) is 10.1. The highest BCUT2D eigenvalue weighted by molar-refractivity contribution is 8.19. The van der Waals surface area contributed by atoms with Gasteiger partial charge in [0.1, 0.15) is 0 Å². The second-order valence-corrected chi connectivity index (χ2v) is 5.76. The maximum atomic E-state index is 12.4. The van der Waals surface area contributed by atoms with Crippen LogP contribution in [0.15, 0.2) is 59.5 Å². The molecule has 21 heavy (non-hydrogen) atoms. The van der Waals surface area contributed by atoms with Gasteiger partial charge in [-0.3, -0.25) is 9.59 Å². The van der Waals surface area contributed by atoms with Crippen molar-refractivity contribution < 1.29 is 9.59 Å². The number of carbonyl (C=O) groups is 2. The average molecular weight is 295 g/mol. The van der Waals surface area contributed by atoms with Crippen LogP contribution in [0.2, 0.25) is 0 Å². The van der Waals surface area contributed by atoms with Gasteiger partial charge in [0.05, 0.1) is 10.6 Å². The van der Waals surface area contributed by atoms with E-state index in [1.165, 1.54) is 4.90 Å². The van der Waals surface area contributed by atoms with Gasteiger partial charge in [-0.2, -0.15) is 0 Å². The Balaban J connectivity index is 1.92. The molecule has 0 aliphatic carbocycles. The lowest BCUT2D eigenvalue weighted by molar-refractivity contribution is -0.113. The number of hydrogen-bond acceptors (Lipinski definition) is 3. The lowest BCUT2D eigenvalue weighted by Gasteiger charge is -2.11. The number of carbonyl (C=O) groups excluding carboxylic acids is 2. The summed E-state index contributed by atoms with van der Waals surface area (Å²) in [5, 5.41) is -0.260. The Hall–Kier alpha value is -2.33. The number of nitrogens with zero attached hydrogens (tertiary/aromatic N) is 1. The molecule has 0 atom stereocenters. The topological polar surface area (TPSA) is 37.4 Å². The first-order valence-corrected chi connectivity index (χ1v) is 7.36. The number of imide groups is 1. The molecule has 3 nitrogen and oxygen atoms in total. The third-order valence-corrected chi connectivity index (χ3v) is 4.05. The fourth-order valence-electron chi connectivity index (χ4n) is 2.08. The Morgan fingerprint density at radius 3 is 2.29 bits per heavy atom. The van der Waals surface area contributed by atoms with Crippen molar-refractivity contribution in [2.45, 2.75) is 6.92 Å². The Bertz CT molecular complexity index is 720. The summed E-state index contributed by atoms with van der Waals surface area (Å²) < 4.78 is 0. The van der Waals surface area contributed by atoms with Crippen molar-refractivity contribution in [3.8, 4) is 0 Å². The maximum Gasteiger partial charge on any atom is 0.298 e. The molecule has 0 saturated carbocycles. The minimum absolute atomic E-state index is 0.260. The fourth-order valence-corrected chi connectivity index (χ4v) is 2.92. The Labute approximate surface area is 127 Å². The van der Waals surface area contributed by atoms with Crippen molar-refractivity contribution in [2.75, 3.05) is 4.90 Å². The van der Waals surface area contributed by atoms with Crippen LogP contribution < -0.4 is 4.90 Å². The van der Waals surface area contributed by atoms with E-state index in [1.807, 2.05) is 49.4 Å². The summed E-state index contributed by atoms with van der Waals surface area (Å²) in [5.74, 6) is -0.267. The van der Waals surface area contributed by atoms with Crippen molar-refractivity contribution >= 4 is 34.7 Å². The second kappa shape index (κ2) is 5.58. The van der Waals surface area contributed by atoms with Crippen LogP contribution in [0, 0.1) is 6.92 Å². The Kier molecular flexibility index (Phi) is 3.62. The largest absolute Gasteiger partial charge is 0.298 e. The smallest absolute Gasteiger partial charge is 0.268 e.